The van der Waals surface area contributed by atoms with Gasteiger partial charge in [-0.1, -0.05) is 18.2 Å². The number of ether oxygens (including phenoxy) is 1. The van der Waals surface area contributed by atoms with Crippen LogP contribution in [0.1, 0.15) is 50.7 Å². The number of nitrogens with zero attached hydrogens (tertiary/aromatic N) is 6. The number of carbonyl (C=O) groups excluding carboxylic acids is 1. The Morgan fingerprint density at radius 1 is 1.07 bits per heavy atom. The van der Waals surface area contributed by atoms with Crippen molar-refractivity contribution in [3.8, 4) is 11.6 Å². The molecule has 2 N–H and O–H groups in total. The SMILES string of the molecule is CC1(C)Oc2ccc3nc2N(CCC/C=C\Cn2c(=O)c4cnc(Nc5ccc6c(c5)CNCC65CC5)nc4n2-3)C1=O. The highest BCUT2D eigenvalue weighted by Crippen LogP contribution is 2.50. The number of rotatable bonds is 2. The minimum absolute atomic E-state index is 0.142. The number of benzene rings is 1. The molecule has 1 aromatic carbocycles. The Labute approximate surface area is 242 Å². The van der Waals surface area contributed by atoms with E-state index in [0.717, 1.165) is 31.6 Å². The molecule has 4 aliphatic rings. The summed E-state index contributed by atoms with van der Waals surface area (Å²) in [6.07, 6.45) is 9.58. The molecule has 6 heterocycles. The van der Waals surface area contributed by atoms with Crippen LogP contribution < -0.4 is 25.8 Å². The van der Waals surface area contributed by atoms with Crippen molar-refractivity contribution in [3.63, 3.8) is 0 Å². The number of allylic oxidation sites excluding steroid dienone is 2. The number of nitrogens with one attached hydrogen (secondary N) is 2. The van der Waals surface area contributed by atoms with E-state index in [1.54, 1.807) is 40.4 Å². The Kier molecular flexibility index (Phi) is 5.40. The second kappa shape index (κ2) is 8.99. The van der Waals surface area contributed by atoms with E-state index >= 15 is 0 Å². The second-order valence-corrected chi connectivity index (χ2v) is 12.2. The van der Waals surface area contributed by atoms with Crippen LogP contribution in [0.25, 0.3) is 16.9 Å². The standard InChI is InChI=1S/C31H32N8O3/c1-30(2)28(41)37-13-5-3-4-6-14-38-27(40)21-17-33-29(36-25(21)39(38)24-10-9-23(42-30)26(37)35-24)34-20-7-8-22-19(15-20)16-32-18-31(22)11-12-31/h4,6-10,15,17,32H,3,5,11-14,16,18H2,1-2H3,(H,33,34,36)/b6-4-. The zero-order valence-electron chi connectivity index (χ0n) is 23.7. The fourth-order valence-electron chi connectivity index (χ4n) is 6.50. The van der Waals surface area contributed by atoms with Crippen molar-refractivity contribution in [2.45, 2.75) is 63.6 Å². The van der Waals surface area contributed by atoms with Crippen LogP contribution in [0.2, 0.25) is 0 Å². The smallest absolute Gasteiger partial charge is 0.278 e. The van der Waals surface area contributed by atoms with Gasteiger partial charge in [0, 0.05) is 36.9 Å². The lowest BCUT2D eigenvalue weighted by atomic mass is 9.88. The first-order valence-corrected chi connectivity index (χ1v) is 14.6. The summed E-state index contributed by atoms with van der Waals surface area (Å²) >= 11 is 0. The van der Waals surface area contributed by atoms with Crippen LogP contribution in [0.4, 0.5) is 17.5 Å². The van der Waals surface area contributed by atoms with Gasteiger partial charge in [-0.05, 0) is 74.9 Å². The van der Waals surface area contributed by atoms with Crippen molar-refractivity contribution in [3.05, 3.63) is 70.2 Å². The van der Waals surface area contributed by atoms with Gasteiger partial charge < -0.3 is 15.4 Å². The molecule has 2 bridgehead atoms. The molecule has 3 aromatic heterocycles. The van der Waals surface area contributed by atoms with E-state index in [1.807, 2.05) is 18.2 Å². The molecule has 8 rings (SSSR count). The molecule has 42 heavy (non-hydrogen) atoms. The predicted octanol–water partition coefficient (Wildman–Crippen LogP) is 3.71. The fraction of sp³-hybridized carbons (Fsp3) is 0.387. The van der Waals surface area contributed by atoms with Crippen molar-refractivity contribution in [2.24, 2.45) is 0 Å². The quantitative estimate of drug-likeness (QED) is 0.354. The van der Waals surface area contributed by atoms with E-state index in [9.17, 15) is 9.59 Å². The number of hydrogen-bond donors (Lipinski definition) is 2. The number of hydrogen-bond acceptors (Lipinski definition) is 8. The first-order valence-electron chi connectivity index (χ1n) is 14.6. The van der Waals surface area contributed by atoms with Gasteiger partial charge in [0.25, 0.3) is 11.5 Å². The summed E-state index contributed by atoms with van der Waals surface area (Å²) in [5.74, 6) is 1.70. The molecule has 11 heteroatoms. The van der Waals surface area contributed by atoms with Gasteiger partial charge in [-0.3, -0.25) is 14.5 Å². The third-order valence-corrected chi connectivity index (χ3v) is 8.86. The van der Waals surface area contributed by atoms with Crippen LogP contribution in [0.3, 0.4) is 0 Å². The molecule has 0 saturated heterocycles. The van der Waals surface area contributed by atoms with Crippen LogP contribution in [0.15, 0.2) is 53.5 Å². The molecule has 1 spiro atoms. The minimum atomic E-state index is -0.995. The van der Waals surface area contributed by atoms with Gasteiger partial charge in [0.2, 0.25) is 5.95 Å². The largest absolute Gasteiger partial charge is 0.474 e. The van der Waals surface area contributed by atoms with Gasteiger partial charge in [0.1, 0.15) is 5.39 Å². The van der Waals surface area contributed by atoms with Crippen molar-refractivity contribution in [2.75, 3.05) is 23.3 Å². The van der Waals surface area contributed by atoms with Gasteiger partial charge in [0.15, 0.2) is 28.6 Å². The Balaban J connectivity index is 1.24. The molecule has 0 atom stereocenters. The molecule has 0 radical (unpaired) electrons. The van der Waals surface area contributed by atoms with E-state index in [4.69, 9.17) is 14.7 Å². The predicted molar refractivity (Wildman–Crippen MR) is 159 cm³/mol. The monoisotopic (exact) mass is 564 g/mol. The van der Waals surface area contributed by atoms with Gasteiger partial charge in [-0.2, -0.15) is 4.98 Å². The van der Waals surface area contributed by atoms with Gasteiger partial charge in [-0.15, -0.1) is 0 Å². The third-order valence-electron chi connectivity index (χ3n) is 8.86. The Morgan fingerprint density at radius 3 is 2.81 bits per heavy atom. The molecule has 3 aliphatic heterocycles. The number of carbonyl (C=O) groups is 1. The normalized spacial score (nSPS) is 20.6. The van der Waals surface area contributed by atoms with E-state index in [0.29, 0.717) is 52.9 Å². The molecule has 1 aliphatic carbocycles. The molecule has 1 amide bonds. The summed E-state index contributed by atoms with van der Waals surface area (Å²) in [4.78, 5) is 42.9. The number of pyridine rings is 1. The summed E-state index contributed by atoms with van der Waals surface area (Å²) < 4.78 is 9.37. The summed E-state index contributed by atoms with van der Waals surface area (Å²) in [7, 11) is 0. The number of fused-ring (bicyclic) bond motifs is 7. The molecule has 0 unspecified atom stereocenters. The van der Waals surface area contributed by atoms with Crippen molar-refractivity contribution < 1.29 is 9.53 Å². The Morgan fingerprint density at radius 2 is 1.95 bits per heavy atom. The lowest BCUT2D eigenvalue weighted by Gasteiger charge is -2.38. The molecule has 4 aromatic rings. The highest BCUT2D eigenvalue weighted by Gasteiger charge is 2.46. The summed E-state index contributed by atoms with van der Waals surface area (Å²) in [5.41, 5.74) is 3.16. The number of aromatic nitrogens is 5. The molecule has 1 saturated carbocycles. The Bertz CT molecular complexity index is 1870. The van der Waals surface area contributed by atoms with Crippen LogP contribution in [0, 0.1) is 0 Å². The second-order valence-electron chi connectivity index (χ2n) is 12.2. The van der Waals surface area contributed by atoms with Crippen molar-refractivity contribution in [1.29, 1.82) is 0 Å². The third kappa shape index (κ3) is 3.87. The molecular formula is C31H32N8O3. The molecular weight excluding hydrogens is 532 g/mol. The van der Waals surface area contributed by atoms with Gasteiger partial charge >= 0.3 is 0 Å². The van der Waals surface area contributed by atoms with Crippen LogP contribution >= 0.6 is 0 Å². The van der Waals surface area contributed by atoms with Gasteiger partial charge in [0.05, 0.1) is 6.54 Å². The first kappa shape index (κ1) is 25.2. The maximum absolute atomic E-state index is 13.6. The lowest BCUT2D eigenvalue weighted by molar-refractivity contribution is -0.132. The van der Waals surface area contributed by atoms with Gasteiger partial charge in [-0.25, -0.2) is 19.3 Å². The average molecular weight is 565 g/mol. The van der Waals surface area contributed by atoms with E-state index in [1.165, 1.54) is 24.0 Å². The first-order chi connectivity index (χ1) is 20.3. The maximum atomic E-state index is 13.6. The molecule has 11 nitrogen and oxygen atoms in total. The van der Waals surface area contributed by atoms with E-state index in [-0.39, 0.29) is 11.5 Å². The summed E-state index contributed by atoms with van der Waals surface area (Å²) in [6, 6.07) is 10.1. The van der Waals surface area contributed by atoms with E-state index < -0.39 is 5.60 Å². The highest BCUT2D eigenvalue weighted by molar-refractivity contribution is 6.01. The number of anilines is 3. The zero-order chi connectivity index (χ0) is 28.6. The maximum Gasteiger partial charge on any atom is 0.278 e. The van der Waals surface area contributed by atoms with Crippen LogP contribution in [-0.2, 0) is 23.3 Å². The van der Waals surface area contributed by atoms with Crippen molar-refractivity contribution in [1.82, 2.24) is 29.6 Å². The summed E-state index contributed by atoms with van der Waals surface area (Å²) in [5, 5.41) is 7.30. The fourth-order valence-corrected chi connectivity index (χ4v) is 6.50. The minimum Gasteiger partial charge on any atom is -0.474 e. The van der Waals surface area contributed by atoms with Crippen LogP contribution in [-0.4, -0.2) is 48.9 Å². The zero-order valence-corrected chi connectivity index (χ0v) is 23.7. The van der Waals surface area contributed by atoms with E-state index in [2.05, 4.69) is 33.8 Å². The van der Waals surface area contributed by atoms with Crippen molar-refractivity contribution >= 4 is 34.4 Å². The summed E-state index contributed by atoms with van der Waals surface area (Å²) in [6.45, 7) is 6.30. The molecule has 1 fully saturated rings. The topological polar surface area (TPSA) is 119 Å². The number of amides is 1. The highest BCUT2D eigenvalue weighted by atomic mass is 16.5. The van der Waals surface area contributed by atoms with Crippen LogP contribution in [0.5, 0.6) is 5.75 Å². The molecule has 214 valence electrons. The lowest BCUT2D eigenvalue weighted by Crippen LogP contribution is -2.53. The Hall–Kier alpha value is -4.51. The average Bonchev–Trinajstić information content (AvgIpc) is 3.68.